The maximum Gasteiger partial charge on any atom is 0.251 e. The van der Waals surface area contributed by atoms with Crippen molar-refractivity contribution in [3.05, 3.63) is 34.3 Å². The lowest BCUT2D eigenvalue weighted by Gasteiger charge is -2.15. The van der Waals surface area contributed by atoms with E-state index in [1.165, 1.54) is 0 Å². The van der Waals surface area contributed by atoms with E-state index in [9.17, 15) is 9.90 Å². The number of aliphatic hydroxyl groups is 1. The number of carbonyl (C=O) groups is 1. The van der Waals surface area contributed by atoms with Crippen LogP contribution in [0.4, 0.5) is 0 Å². The average molecular weight is 286 g/mol. The molecule has 0 saturated heterocycles. The minimum atomic E-state index is -0.403. The second-order valence-electron chi connectivity index (χ2n) is 3.97. The first-order chi connectivity index (χ1) is 7.49. The molecule has 0 spiro atoms. The highest BCUT2D eigenvalue weighted by atomic mass is 79.9. The van der Waals surface area contributed by atoms with Gasteiger partial charge in [-0.25, -0.2) is 0 Å². The van der Waals surface area contributed by atoms with Gasteiger partial charge >= 0.3 is 0 Å². The van der Waals surface area contributed by atoms with E-state index in [4.69, 9.17) is 0 Å². The molecule has 0 fully saturated rings. The van der Waals surface area contributed by atoms with E-state index >= 15 is 0 Å². The van der Waals surface area contributed by atoms with Crippen LogP contribution in [0.5, 0.6) is 0 Å². The first-order valence-corrected chi connectivity index (χ1v) is 6.03. The van der Waals surface area contributed by atoms with Crippen molar-refractivity contribution in [3.8, 4) is 0 Å². The van der Waals surface area contributed by atoms with Gasteiger partial charge in [0.1, 0.15) is 0 Å². The summed E-state index contributed by atoms with van der Waals surface area (Å²) in [5.74, 6) is -0.111. The number of benzene rings is 1. The Kier molecular flexibility index (Phi) is 4.96. The molecule has 0 saturated carbocycles. The van der Waals surface area contributed by atoms with Gasteiger partial charge in [0.15, 0.2) is 0 Å². The number of aliphatic hydroxyl groups excluding tert-OH is 1. The molecular weight excluding hydrogens is 270 g/mol. The van der Waals surface area contributed by atoms with Crippen LogP contribution in [0.2, 0.25) is 0 Å². The molecule has 1 aromatic carbocycles. The number of halogens is 1. The molecule has 88 valence electrons. The summed E-state index contributed by atoms with van der Waals surface area (Å²) >= 11 is 3.31. The Hall–Kier alpha value is -0.870. The van der Waals surface area contributed by atoms with E-state index < -0.39 is 6.10 Å². The van der Waals surface area contributed by atoms with Gasteiger partial charge < -0.3 is 10.4 Å². The summed E-state index contributed by atoms with van der Waals surface area (Å²) in [5.41, 5.74) is 0.626. The van der Waals surface area contributed by atoms with Gasteiger partial charge in [0, 0.05) is 16.1 Å². The van der Waals surface area contributed by atoms with E-state index in [-0.39, 0.29) is 11.9 Å². The SMILES string of the molecule is CC(O)CC(C)NC(=O)c1ccc(Br)cc1. The van der Waals surface area contributed by atoms with Gasteiger partial charge in [-0.05, 0) is 44.5 Å². The molecule has 0 heterocycles. The predicted octanol–water partition coefficient (Wildman–Crippen LogP) is 2.34. The van der Waals surface area contributed by atoms with Crippen molar-refractivity contribution in [1.29, 1.82) is 0 Å². The number of rotatable bonds is 4. The van der Waals surface area contributed by atoms with Crippen LogP contribution in [0.1, 0.15) is 30.6 Å². The van der Waals surface area contributed by atoms with Crippen molar-refractivity contribution in [3.63, 3.8) is 0 Å². The lowest BCUT2D eigenvalue weighted by atomic mass is 10.1. The van der Waals surface area contributed by atoms with E-state index in [2.05, 4.69) is 21.2 Å². The van der Waals surface area contributed by atoms with Crippen LogP contribution in [0, 0.1) is 0 Å². The monoisotopic (exact) mass is 285 g/mol. The van der Waals surface area contributed by atoms with E-state index in [0.717, 1.165) is 4.47 Å². The summed E-state index contributed by atoms with van der Waals surface area (Å²) in [5, 5.41) is 12.0. The van der Waals surface area contributed by atoms with Gasteiger partial charge in [-0.3, -0.25) is 4.79 Å². The molecule has 0 bridgehead atoms. The third kappa shape index (κ3) is 4.33. The van der Waals surface area contributed by atoms with Crippen LogP contribution in [0.3, 0.4) is 0 Å². The third-order valence-electron chi connectivity index (χ3n) is 2.18. The predicted molar refractivity (Wildman–Crippen MR) is 67.4 cm³/mol. The van der Waals surface area contributed by atoms with E-state index in [1.54, 1.807) is 19.1 Å². The highest BCUT2D eigenvalue weighted by Crippen LogP contribution is 2.10. The number of nitrogens with one attached hydrogen (secondary N) is 1. The van der Waals surface area contributed by atoms with Crippen molar-refractivity contribution in [2.24, 2.45) is 0 Å². The maximum atomic E-state index is 11.7. The maximum absolute atomic E-state index is 11.7. The first-order valence-electron chi connectivity index (χ1n) is 5.23. The van der Waals surface area contributed by atoms with Crippen LogP contribution < -0.4 is 5.32 Å². The molecule has 0 aliphatic rings. The lowest BCUT2D eigenvalue weighted by Crippen LogP contribution is -2.34. The van der Waals surface area contributed by atoms with Crippen LogP contribution in [0.15, 0.2) is 28.7 Å². The van der Waals surface area contributed by atoms with E-state index in [1.807, 2.05) is 19.1 Å². The standard InChI is InChI=1S/C12H16BrNO2/c1-8(7-9(2)15)14-12(16)10-3-5-11(13)6-4-10/h3-6,8-9,15H,7H2,1-2H3,(H,14,16). The van der Waals surface area contributed by atoms with Crippen molar-refractivity contribution < 1.29 is 9.90 Å². The highest BCUT2D eigenvalue weighted by Gasteiger charge is 2.11. The Morgan fingerprint density at radius 2 is 1.94 bits per heavy atom. The van der Waals surface area contributed by atoms with Crippen molar-refractivity contribution in [1.82, 2.24) is 5.32 Å². The summed E-state index contributed by atoms with van der Waals surface area (Å²) < 4.78 is 0.945. The second-order valence-corrected chi connectivity index (χ2v) is 4.88. The molecule has 16 heavy (non-hydrogen) atoms. The number of carbonyl (C=O) groups excluding carboxylic acids is 1. The lowest BCUT2D eigenvalue weighted by molar-refractivity contribution is 0.0923. The molecule has 2 atom stereocenters. The topological polar surface area (TPSA) is 49.3 Å². The second kappa shape index (κ2) is 6.01. The average Bonchev–Trinajstić information content (AvgIpc) is 2.16. The summed E-state index contributed by atoms with van der Waals surface area (Å²) in [4.78, 5) is 11.7. The zero-order valence-corrected chi connectivity index (χ0v) is 11.0. The molecule has 2 unspecified atom stereocenters. The Balaban J connectivity index is 2.55. The van der Waals surface area contributed by atoms with Crippen LogP contribution in [-0.2, 0) is 0 Å². The fraction of sp³-hybridized carbons (Fsp3) is 0.417. The molecule has 0 aliphatic heterocycles. The molecule has 3 nitrogen and oxygen atoms in total. The van der Waals surface area contributed by atoms with Crippen molar-refractivity contribution in [2.45, 2.75) is 32.4 Å². The molecule has 0 aromatic heterocycles. The fourth-order valence-corrected chi connectivity index (χ4v) is 1.74. The minimum Gasteiger partial charge on any atom is -0.393 e. The van der Waals surface area contributed by atoms with Crippen molar-refractivity contribution in [2.75, 3.05) is 0 Å². The van der Waals surface area contributed by atoms with Gasteiger partial charge in [0.25, 0.3) is 5.91 Å². The van der Waals surface area contributed by atoms with Gasteiger partial charge in [0.05, 0.1) is 6.10 Å². The summed E-state index contributed by atoms with van der Waals surface area (Å²) in [6, 6.07) is 7.14. The zero-order chi connectivity index (χ0) is 12.1. The Bertz CT molecular complexity index is 349. The van der Waals surface area contributed by atoms with Gasteiger partial charge in [-0.1, -0.05) is 15.9 Å². The molecule has 1 amide bonds. The van der Waals surface area contributed by atoms with Crippen molar-refractivity contribution >= 4 is 21.8 Å². The largest absolute Gasteiger partial charge is 0.393 e. The normalized spacial score (nSPS) is 14.2. The number of amides is 1. The molecular formula is C12H16BrNO2. The summed E-state index contributed by atoms with van der Waals surface area (Å²) in [6.45, 7) is 3.59. The Morgan fingerprint density at radius 3 is 2.44 bits per heavy atom. The van der Waals surface area contributed by atoms with E-state index in [0.29, 0.717) is 12.0 Å². The number of hydrogen-bond acceptors (Lipinski definition) is 2. The van der Waals surface area contributed by atoms with Crippen LogP contribution >= 0.6 is 15.9 Å². The summed E-state index contributed by atoms with van der Waals surface area (Å²) in [6.07, 6.45) is 0.155. The summed E-state index contributed by atoms with van der Waals surface area (Å²) in [7, 11) is 0. The van der Waals surface area contributed by atoms with Gasteiger partial charge in [-0.2, -0.15) is 0 Å². The van der Waals surface area contributed by atoms with Crippen LogP contribution in [-0.4, -0.2) is 23.2 Å². The van der Waals surface area contributed by atoms with Gasteiger partial charge in [0.2, 0.25) is 0 Å². The molecule has 4 heteroatoms. The van der Waals surface area contributed by atoms with Crippen LogP contribution in [0.25, 0.3) is 0 Å². The molecule has 0 radical (unpaired) electrons. The smallest absolute Gasteiger partial charge is 0.251 e. The fourth-order valence-electron chi connectivity index (χ4n) is 1.48. The Labute approximate surface area is 104 Å². The minimum absolute atomic E-state index is 0.0313. The quantitative estimate of drug-likeness (QED) is 0.892. The molecule has 1 rings (SSSR count). The highest BCUT2D eigenvalue weighted by molar-refractivity contribution is 9.10. The molecule has 2 N–H and O–H groups in total. The molecule has 0 aliphatic carbocycles. The molecule has 1 aromatic rings. The Morgan fingerprint density at radius 1 is 1.38 bits per heavy atom. The number of hydrogen-bond donors (Lipinski definition) is 2. The zero-order valence-electron chi connectivity index (χ0n) is 9.40. The van der Waals surface area contributed by atoms with Gasteiger partial charge in [-0.15, -0.1) is 0 Å². The third-order valence-corrected chi connectivity index (χ3v) is 2.71. The first kappa shape index (κ1) is 13.2.